The first-order chi connectivity index (χ1) is 12.1. The number of azo groups is 1. The van der Waals surface area contributed by atoms with Gasteiger partial charge in [0.05, 0.1) is 17.1 Å². The number of amides is 1. The van der Waals surface area contributed by atoms with Crippen LogP contribution < -0.4 is 5.32 Å². The average molecular weight is 333 g/mol. The number of aryl methyl sites for hydroxylation is 2. The molecule has 0 aliphatic heterocycles. The van der Waals surface area contributed by atoms with Crippen molar-refractivity contribution in [2.75, 3.05) is 7.05 Å². The zero-order chi connectivity index (χ0) is 17.8. The first-order valence-electron chi connectivity index (χ1n) is 7.94. The van der Waals surface area contributed by atoms with E-state index in [4.69, 9.17) is 0 Å². The molecule has 3 aromatic rings. The fourth-order valence-electron chi connectivity index (χ4n) is 2.39. The topological polar surface area (TPSA) is 71.6 Å². The zero-order valence-electron chi connectivity index (χ0n) is 14.4. The second kappa shape index (κ2) is 7.09. The third-order valence-electron chi connectivity index (χ3n) is 3.87. The van der Waals surface area contributed by atoms with Crippen molar-refractivity contribution in [2.45, 2.75) is 13.8 Å². The molecule has 0 bridgehead atoms. The number of benzene rings is 2. The van der Waals surface area contributed by atoms with E-state index < -0.39 is 0 Å². The number of carbonyl (C=O) groups is 1. The van der Waals surface area contributed by atoms with Crippen molar-refractivity contribution in [3.05, 3.63) is 71.5 Å². The average Bonchev–Trinajstić information content (AvgIpc) is 3.11. The van der Waals surface area contributed by atoms with E-state index in [0.717, 1.165) is 28.2 Å². The summed E-state index contributed by atoms with van der Waals surface area (Å²) in [5.41, 5.74) is 4.95. The molecule has 1 N–H and O–H groups in total. The van der Waals surface area contributed by atoms with Crippen molar-refractivity contribution in [3.63, 3.8) is 0 Å². The monoisotopic (exact) mass is 333 g/mol. The summed E-state index contributed by atoms with van der Waals surface area (Å²) in [6.45, 7) is 3.98. The highest BCUT2D eigenvalue weighted by molar-refractivity contribution is 5.91. The minimum Gasteiger partial charge on any atom is -0.354 e. The van der Waals surface area contributed by atoms with Crippen LogP contribution in [0.5, 0.6) is 0 Å². The summed E-state index contributed by atoms with van der Waals surface area (Å²) in [5.74, 6) is -0.209. The highest BCUT2D eigenvalue weighted by Gasteiger charge is 2.09. The van der Waals surface area contributed by atoms with E-state index in [0.29, 0.717) is 5.69 Å². The van der Waals surface area contributed by atoms with Crippen molar-refractivity contribution < 1.29 is 4.79 Å². The molecule has 0 radical (unpaired) electrons. The van der Waals surface area contributed by atoms with Gasteiger partial charge >= 0.3 is 0 Å². The van der Waals surface area contributed by atoms with Crippen molar-refractivity contribution in [1.82, 2.24) is 15.1 Å². The Labute approximate surface area is 146 Å². The molecule has 0 atom stereocenters. The Hall–Kier alpha value is -3.28. The lowest BCUT2D eigenvalue weighted by molar-refractivity contribution is 0.0957. The van der Waals surface area contributed by atoms with Crippen LogP contribution in [0.4, 0.5) is 11.4 Å². The number of nitrogens with one attached hydrogen (secondary N) is 1. The van der Waals surface area contributed by atoms with Crippen molar-refractivity contribution >= 4 is 17.3 Å². The van der Waals surface area contributed by atoms with Gasteiger partial charge in [-0.15, -0.1) is 0 Å². The Morgan fingerprint density at radius 2 is 1.72 bits per heavy atom. The first kappa shape index (κ1) is 16.6. The van der Waals surface area contributed by atoms with Crippen LogP contribution in [0, 0.1) is 13.8 Å². The van der Waals surface area contributed by atoms with Crippen LogP contribution in [0.2, 0.25) is 0 Å². The lowest BCUT2D eigenvalue weighted by Gasteiger charge is -2.05. The number of rotatable bonds is 4. The van der Waals surface area contributed by atoms with Gasteiger partial charge in [0.2, 0.25) is 0 Å². The molecule has 0 spiro atoms. The van der Waals surface area contributed by atoms with Gasteiger partial charge in [-0.25, -0.2) is 4.68 Å². The maximum Gasteiger partial charge on any atom is 0.271 e. The smallest absolute Gasteiger partial charge is 0.271 e. The first-order valence-corrected chi connectivity index (χ1v) is 7.94. The molecule has 1 heterocycles. The molecular weight excluding hydrogens is 314 g/mol. The molecular formula is C19H19N5O. The maximum absolute atomic E-state index is 11.6. The Bertz CT molecular complexity index is 942. The van der Waals surface area contributed by atoms with Gasteiger partial charge in [-0.05, 0) is 55.3 Å². The Morgan fingerprint density at radius 1 is 1.00 bits per heavy atom. The van der Waals surface area contributed by atoms with Gasteiger partial charge in [-0.2, -0.15) is 15.3 Å². The van der Waals surface area contributed by atoms with Crippen molar-refractivity contribution in [1.29, 1.82) is 0 Å². The quantitative estimate of drug-likeness (QED) is 0.724. The van der Waals surface area contributed by atoms with Gasteiger partial charge in [-0.3, -0.25) is 4.79 Å². The van der Waals surface area contributed by atoms with Crippen LogP contribution in [0.15, 0.2) is 65.0 Å². The molecule has 126 valence electrons. The van der Waals surface area contributed by atoms with Crippen molar-refractivity contribution in [3.8, 4) is 5.69 Å². The van der Waals surface area contributed by atoms with E-state index in [-0.39, 0.29) is 5.91 Å². The van der Waals surface area contributed by atoms with Crippen LogP contribution in [-0.4, -0.2) is 22.7 Å². The second-order valence-corrected chi connectivity index (χ2v) is 5.68. The number of carbonyl (C=O) groups excluding carboxylic acids is 1. The number of hydrogen-bond acceptors (Lipinski definition) is 4. The molecule has 6 heteroatoms. The minimum absolute atomic E-state index is 0.209. The lowest BCUT2D eigenvalue weighted by Crippen LogP contribution is -2.18. The molecule has 3 rings (SSSR count). The van der Waals surface area contributed by atoms with Gasteiger partial charge < -0.3 is 5.32 Å². The van der Waals surface area contributed by atoms with Crippen LogP contribution >= 0.6 is 0 Å². The second-order valence-electron chi connectivity index (χ2n) is 5.68. The normalized spacial score (nSPS) is 11.0. The van der Waals surface area contributed by atoms with Gasteiger partial charge in [0.15, 0.2) is 5.69 Å². The number of nitrogens with zero attached hydrogens (tertiary/aromatic N) is 4. The molecule has 0 fully saturated rings. The highest BCUT2D eigenvalue weighted by Crippen LogP contribution is 2.25. The summed E-state index contributed by atoms with van der Waals surface area (Å²) in [6.07, 6.45) is 1.76. The molecule has 0 saturated heterocycles. The third kappa shape index (κ3) is 3.63. The Kier molecular flexibility index (Phi) is 4.70. The molecule has 6 nitrogen and oxygen atoms in total. The fraction of sp³-hybridized carbons (Fsp3) is 0.158. The third-order valence-corrected chi connectivity index (χ3v) is 3.87. The van der Waals surface area contributed by atoms with Gasteiger partial charge in [0.25, 0.3) is 5.91 Å². The zero-order valence-corrected chi connectivity index (χ0v) is 14.4. The minimum atomic E-state index is -0.209. The summed E-state index contributed by atoms with van der Waals surface area (Å²) >= 11 is 0. The predicted molar refractivity (Wildman–Crippen MR) is 97.0 cm³/mol. The maximum atomic E-state index is 11.6. The predicted octanol–water partition coefficient (Wildman–Crippen LogP) is 4.26. The number of hydrogen-bond donors (Lipinski definition) is 1. The lowest BCUT2D eigenvalue weighted by atomic mass is 10.2. The summed E-state index contributed by atoms with van der Waals surface area (Å²) in [5, 5.41) is 15.5. The van der Waals surface area contributed by atoms with E-state index in [2.05, 4.69) is 20.6 Å². The molecule has 0 aliphatic rings. The fourth-order valence-corrected chi connectivity index (χ4v) is 2.39. The Morgan fingerprint density at radius 3 is 2.40 bits per heavy atom. The van der Waals surface area contributed by atoms with Crippen molar-refractivity contribution in [2.24, 2.45) is 10.2 Å². The van der Waals surface area contributed by atoms with Crippen LogP contribution in [-0.2, 0) is 0 Å². The van der Waals surface area contributed by atoms with E-state index in [9.17, 15) is 4.79 Å². The molecule has 1 aromatic heterocycles. The molecule has 1 amide bonds. The molecule has 0 saturated carbocycles. The summed E-state index contributed by atoms with van der Waals surface area (Å²) < 4.78 is 1.67. The highest BCUT2D eigenvalue weighted by atomic mass is 16.1. The standard InChI is InChI=1S/C19H19N5O/c1-13-6-4-5-7-16(13)21-22-17-9-8-15(12-14(17)2)24-11-10-18(23-24)19(25)20-3/h4-12H,1-3H3,(H,20,25). The summed E-state index contributed by atoms with van der Waals surface area (Å²) in [4.78, 5) is 11.6. The van der Waals surface area contributed by atoms with E-state index in [1.54, 1.807) is 24.0 Å². The van der Waals surface area contributed by atoms with Crippen LogP contribution in [0.25, 0.3) is 5.69 Å². The molecule has 0 aliphatic carbocycles. The molecule has 2 aromatic carbocycles. The van der Waals surface area contributed by atoms with E-state index >= 15 is 0 Å². The largest absolute Gasteiger partial charge is 0.354 e. The van der Waals surface area contributed by atoms with E-state index in [1.165, 1.54) is 0 Å². The van der Waals surface area contributed by atoms with Crippen LogP contribution in [0.1, 0.15) is 21.6 Å². The van der Waals surface area contributed by atoms with Gasteiger partial charge in [-0.1, -0.05) is 18.2 Å². The number of aromatic nitrogens is 2. The van der Waals surface area contributed by atoms with Gasteiger partial charge in [0.1, 0.15) is 0 Å². The molecule has 25 heavy (non-hydrogen) atoms. The SMILES string of the molecule is CNC(=O)c1ccn(-c2ccc(N=Nc3ccccc3C)c(C)c2)n1. The summed E-state index contributed by atoms with van der Waals surface area (Å²) in [7, 11) is 1.58. The molecule has 0 unspecified atom stereocenters. The summed E-state index contributed by atoms with van der Waals surface area (Å²) in [6, 6.07) is 15.3. The van der Waals surface area contributed by atoms with E-state index in [1.807, 2.05) is 56.3 Å². The van der Waals surface area contributed by atoms with Crippen LogP contribution in [0.3, 0.4) is 0 Å². The van der Waals surface area contributed by atoms with Gasteiger partial charge in [0, 0.05) is 13.2 Å². The Balaban J connectivity index is 1.85.